The zero-order chi connectivity index (χ0) is 11.5. The van der Waals surface area contributed by atoms with Crippen LogP contribution in [0.15, 0.2) is 34.6 Å². The van der Waals surface area contributed by atoms with E-state index >= 15 is 0 Å². The molecule has 0 fully saturated rings. The maximum atomic E-state index is 5.36. The van der Waals surface area contributed by atoms with Crippen LogP contribution in [-0.4, -0.2) is 18.7 Å². The molecule has 3 nitrogen and oxygen atoms in total. The van der Waals surface area contributed by atoms with Crippen LogP contribution in [0, 0.1) is 0 Å². The third kappa shape index (κ3) is 1.76. The molecule has 0 bridgehead atoms. The molecule has 0 N–H and O–H groups in total. The van der Waals surface area contributed by atoms with Crippen LogP contribution < -0.4 is 9.54 Å². The maximum Gasteiger partial charge on any atom is 0.184 e. The molecule has 84 valence electrons. The molecule has 0 spiro atoms. The first-order valence-electron chi connectivity index (χ1n) is 4.98. The summed E-state index contributed by atoms with van der Waals surface area (Å²) < 4.78 is 7.43. The number of hydrogen-bond acceptors (Lipinski definition) is 3. The Morgan fingerprint density at radius 1 is 1.31 bits per heavy atom. The lowest BCUT2D eigenvalue weighted by Crippen LogP contribution is -2.11. The van der Waals surface area contributed by atoms with Crippen LogP contribution in [0.25, 0.3) is 11.3 Å². The highest BCUT2D eigenvalue weighted by Crippen LogP contribution is 2.29. The highest BCUT2D eigenvalue weighted by Gasteiger charge is 2.08. The van der Waals surface area contributed by atoms with Crippen molar-refractivity contribution in [1.29, 1.82) is 0 Å². The van der Waals surface area contributed by atoms with Gasteiger partial charge in [0.25, 0.3) is 0 Å². The van der Waals surface area contributed by atoms with Crippen molar-refractivity contribution in [1.82, 2.24) is 4.57 Å². The van der Waals surface area contributed by atoms with Gasteiger partial charge in [-0.3, -0.25) is 4.99 Å². The van der Waals surface area contributed by atoms with Gasteiger partial charge in [-0.1, -0.05) is 12.1 Å². The minimum absolute atomic E-state index is 0.888. The fourth-order valence-corrected chi connectivity index (χ4v) is 2.54. The second kappa shape index (κ2) is 4.53. The van der Waals surface area contributed by atoms with Crippen molar-refractivity contribution in [3.05, 3.63) is 34.4 Å². The van der Waals surface area contributed by atoms with Gasteiger partial charge in [-0.05, 0) is 12.1 Å². The Kier molecular flexibility index (Phi) is 3.10. The molecule has 0 atom stereocenters. The van der Waals surface area contributed by atoms with E-state index in [4.69, 9.17) is 4.74 Å². The summed E-state index contributed by atoms with van der Waals surface area (Å²) in [7, 11) is 5.51. The lowest BCUT2D eigenvalue weighted by atomic mass is 10.1. The topological polar surface area (TPSA) is 26.5 Å². The molecule has 1 aromatic heterocycles. The van der Waals surface area contributed by atoms with Crippen LogP contribution in [0.5, 0.6) is 5.75 Å². The van der Waals surface area contributed by atoms with E-state index in [-0.39, 0.29) is 0 Å². The van der Waals surface area contributed by atoms with Gasteiger partial charge in [-0.25, -0.2) is 0 Å². The number of para-hydroxylation sites is 1. The molecule has 0 saturated heterocycles. The number of hydrogen-bond donors (Lipinski definition) is 0. The number of rotatable bonds is 2. The molecule has 16 heavy (non-hydrogen) atoms. The Morgan fingerprint density at radius 2 is 2.06 bits per heavy atom. The van der Waals surface area contributed by atoms with Crippen molar-refractivity contribution < 1.29 is 4.74 Å². The van der Waals surface area contributed by atoms with Gasteiger partial charge in [-0.15, -0.1) is 11.3 Å². The molecule has 4 heteroatoms. The molecular weight excluding hydrogens is 220 g/mol. The van der Waals surface area contributed by atoms with Crippen molar-refractivity contribution >= 4 is 11.3 Å². The molecule has 0 radical (unpaired) electrons. The Hall–Kier alpha value is -1.55. The average molecular weight is 234 g/mol. The third-order valence-corrected chi connectivity index (χ3v) is 3.51. The van der Waals surface area contributed by atoms with E-state index in [1.54, 1.807) is 25.5 Å². The molecule has 0 aliphatic rings. The number of methoxy groups -OCH3 is 1. The highest BCUT2D eigenvalue weighted by molar-refractivity contribution is 7.07. The molecule has 0 amide bonds. The van der Waals surface area contributed by atoms with E-state index in [0.29, 0.717) is 0 Å². The summed E-state index contributed by atoms with van der Waals surface area (Å²) in [6, 6.07) is 8.01. The second-order valence-electron chi connectivity index (χ2n) is 3.39. The van der Waals surface area contributed by atoms with E-state index < -0.39 is 0 Å². The Labute approximate surface area is 98.7 Å². The lowest BCUT2D eigenvalue weighted by molar-refractivity contribution is 0.416. The van der Waals surface area contributed by atoms with Gasteiger partial charge in [0.1, 0.15) is 5.75 Å². The zero-order valence-corrected chi connectivity index (χ0v) is 10.4. The first kappa shape index (κ1) is 11.0. The zero-order valence-electron chi connectivity index (χ0n) is 9.60. The molecule has 0 saturated carbocycles. The fourth-order valence-electron chi connectivity index (χ4n) is 1.67. The Balaban J connectivity index is 2.63. The van der Waals surface area contributed by atoms with Gasteiger partial charge in [0.15, 0.2) is 4.80 Å². The van der Waals surface area contributed by atoms with E-state index in [0.717, 1.165) is 21.8 Å². The summed E-state index contributed by atoms with van der Waals surface area (Å²) in [5, 5.41) is 2.10. The van der Waals surface area contributed by atoms with Crippen molar-refractivity contribution in [2.45, 2.75) is 0 Å². The average Bonchev–Trinajstić information content (AvgIpc) is 2.70. The van der Waals surface area contributed by atoms with Crippen LogP contribution in [-0.2, 0) is 7.05 Å². The number of aromatic nitrogens is 1. The van der Waals surface area contributed by atoms with E-state index in [1.807, 2.05) is 25.2 Å². The fraction of sp³-hybridized carbons (Fsp3) is 0.250. The summed E-state index contributed by atoms with van der Waals surface area (Å²) in [5.74, 6) is 0.888. The molecule has 0 unspecified atom stereocenters. The predicted molar refractivity (Wildman–Crippen MR) is 66.8 cm³/mol. The van der Waals surface area contributed by atoms with Crippen LogP contribution in [0.4, 0.5) is 0 Å². The number of thiazole rings is 1. The van der Waals surface area contributed by atoms with Crippen LogP contribution >= 0.6 is 11.3 Å². The molecular formula is C12H14N2OS. The summed E-state index contributed by atoms with van der Waals surface area (Å²) in [6.45, 7) is 0. The summed E-state index contributed by atoms with van der Waals surface area (Å²) in [4.78, 5) is 5.21. The number of nitrogens with zero attached hydrogens (tertiary/aromatic N) is 2. The Bertz CT molecular complexity index is 554. The van der Waals surface area contributed by atoms with E-state index in [9.17, 15) is 0 Å². The monoisotopic (exact) mass is 234 g/mol. The lowest BCUT2D eigenvalue weighted by Gasteiger charge is -2.08. The highest BCUT2D eigenvalue weighted by atomic mass is 32.1. The van der Waals surface area contributed by atoms with Crippen molar-refractivity contribution in [2.24, 2.45) is 12.0 Å². The maximum absolute atomic E-state index is 5.36. The largest absolute Gasteiger partial charge is 0.496 e. The predicted octanol–water partition coefficient (Wildman–Crippen LogP) is 2.29. The third-order valence-electron chi connectivity index (χ3n) is 2.50. The standard InChI is InChI=1S/C12H14N2OS/c1-13-12-14(2)10(8-16-12)9-6-4-5-7-11(9)15-3/h4-8H,1-3H3. The molecule has 0 aliphatic heterocycles. The SMILES string of the molecule is CN=c1scc(-c2ccccc2OC)n1C. The van der Waals surface area contributed by atoms with Gasteiger partial charge in [0.2, 0.25) is 0 Å². The second-order valence-corrected chi connectivity index (χ2v) is 4.22. The van der Waals surface area contributed by atoms with Crippen molar-refractivity contribution in [3.63, 3.8) is 0 Å². The van der Waals surface area contributed by atoms with Crippen LogP contribution in [0.2, 0.25) is 0 Å². The molecule has 1 aromatic carbocycles. The normalized spacial score (nSPS) is 11.8. The molecule has 2 aromatic rings. The number of ether oxygens (including phenoxy) is 1. The van der Waals surface area contributed by atoms with Crippen LogP contribution in [0.1, 0.15) is 0 Å². The summed E-state index contributed by atoms with van der Waals surface area (Å²) in [6.07, 6.45) is 0. The van der Waals surface area contributed by atoms with Gasteiger partial charge in [0, 0.05) is 25.0 Å². The Morgan fingerprint density at radius 3 is 2.69 bits per heavy atom. The van der Waals surface area contributed by atoms with E-state index in [1.165, 1.54) is 0 Å². The van der Waals surface area contributed by atoms with Crippen LogP contribution in [0.3, 0.4) is 0 Å². The van der Waals surface area contributed by atoms with Crippen molar-refractivity contribution in [3.8, 4) is 17.0 Å². The van der Waals surface area contributed by atoms with Gasteiger partial charge in [-0.2, -0.15) is 0 Å². The molecule has 0 aliphatic carbocycles. The van der Waals surface area contributed by atoms with Gasteiger partial charge < -0.3 is 9.30 Å². The molecule has 1 heterocycles. The number of benzene rings is 1. The summed E-state index contributed by atoms with van der Waals surface area (Å²) >= 11 is 1.63. The smallest absolute Gasteiger partial charge is 0.184 e. The quantitative estimate of drug-likeness (QED) is 0.783. The molecule has 2 rings (SSSR count). The minimum Gasteiger partial charge on any atom is -0.496 e. The van der Waals surface area contributed by atoms with Gasteiger partial charge in [0.05, 0.1) is 12.8 Å². The van der Waals surface area contributed by atoms with Crippen molar-refractivity contribution in [2.75, 3.05) is 14.2 Å². The minimum atomic E-state index is 0.888. The first-order valence-corrected chi connectivity index (χ1v) is 5.86. The van der Waals surface area contributed by atoms with Gasteiger partial charge >= 0.3 is 0 Å². The first-order chi connectivity index (χ1) is 7.77. The van der Waals surface area contributed by atoms with E-state index in [2.05, 4.69) is 21.0 Å². The summed E-state index contributed by atoms with van der Waals surface area (Å²) in [5.41, 5.74) is 2.22.